The average molecular weight is 287 g/mol. The summed E-state index contributed by atoms with van der Waals surface area (Å²) in [4.78, 5) is 11.8. The number of para-hydroxylation sites is 1. The van der Waals surface area contributed by atoms with Crippen LogP contribution in [0.3, 0.4) is 0 Å². The molecule has 5 heteroatoms. The van der Waals surface area contributed by atoms with Gasteiger partial charge in [0.2, 0.25) is 0 Å². The van der Waals surface area contributed by atoms with E-state index in [0.717, 1.165) is 17.7 Å². The number of hydrogen-bond acceptors (Lipinski definition) is 3. The molecule has 2 aromatic rings. The molecule has 1 aliphatic rings. The molecule has 0 saturated carbocycles. The Balaban J connectivity index is 1.58. The van der Waals surface area contributed by atoms with E-state index >= 15 is 0 Å². The average Bonchev–Trinajstić information content (AvgIpc) is 2.94. The number of anilines is 1. The Morgan fingerprint density at radius 3 is 3.00 bits per heavy atom. The predicted molar refractivity (Wildman–Crippen MR) is 76.2 cm³/mol. The van der Waals surface area contributed by atoms with Gasteiger partial charge in [-0.1, -0.05) is 12.1 Å². The van der Waals surface area contributed by atoms with Gasteiger partial charge in [0, 0.05) is 12.1 Å². The van der Waals surface area contributed by atoms with E-state index in [9.17, 15) is 9.18 Å². The van der Waals surface area contributed by atoms with Gasteiger partial charge < -0.3 is 14.8 Å². The molecular weight excluding hydrogens is 273 g/mol. The highest BCUT2D eigenvalue weighted by Gasteiger charge is 2.13. The van der Waals surface area contributed by atoms with Crippen molar-refractivity contribution in [1.29, 1.82) is 0 Å². The number of hydrogen-bond donors (Lipinski definition) is 1. The summed E-state index contributed by atoms with van der Waals surface area (Å²) >= 11 is 0. The van der Waals surface area contributed by atoms with Crippen molar-refractivity contribution in [3.8, 4) is 11.5 Å². The summed E-state index contributed by atoms with van der Waals surface area (Å²) in [5, 5.41) is 2.72. The number of carbonyl (C=O) groups is 1. The van der Waals surface area contributed by atoms with E-state index in [0.29, 0.717) is 12.3 Å². The van der Waals surface area contributed by atoms with Gasteiger partial charge in [-0.2, -0.15) is 0 Å². The second-order valence-corrected chi connectivity index (χ2v) is 4.69. The van der Waals surface area contributed by atoms with E-state index in [1.54, 1.807) is 18.2 Å². The van der Waals surface area contributed by atoms with Crippen molar-refractivity contribution in [2.75, 3.05) is 18.5 Å². The van der Waals surface area contributed by atoms with Gasteiger partial charge in [0.25, 0.3) is 5.91 Å². The molecule has 0 saturated heterocycles. The molecule has 0 aromatic heterocycles. The number of halogens is 1. The molecule has 4 nitrogen and oxygen atoms in total. The minimum atomic E-state index is -0.486. The number of carbonyl (C=O) groups excluding carboxylic acids is 1. The second kappa shape index (κ2) is 5.83. The first-order valence-electron chi connectivity index (χ1n) is 6.65. The third kappa shape index (κ3) is 3.13. The normalized spacial score (nSPS) is 12.4. The fourth-order valence-corrected chi connectivity index (χ4v) is 2.17. The monoisotopic (exact) mass is 287 g/mol. The van der Waals surface area contributed by atoms with Crippen LogP contribution in [0.25, 0.3) is 0 Å². The fourth-order valence-electron chi connectivity index (χ4n) is 2.17. The summed E-state index contributed by atoms with van der Waals surface area (Å²) in [5.74, 6) is 0.0997. The van der Waals surface area contributed by atoms with Crippen LogP contribution in [0.15, 0.2) is 42.5 Å². The summed E-state index contributed by atoms with van der Waals surface area (Å²) in [6.07, 6.45) is 0.838. The van der Waals surface area contributed by atoms with Crippen molar-refractivity contribution in [1.82, 2.24) is 0 Å². The quantitative estimate of drug-likeness (QED) is 0.940. The molecule has 1 aliphatic heterocycles. The molecule has 108 valence electrons. The standard InChI is InChI=1S/C16H14FNO3/c17-13-3-1-2-4-15(13)21-10-16(19)18-12-5-6-14-11(9-12)7-8-20-14/h1-6,9H,7-8,10H2,(H,18,19). The van der Waals surface area contributed by atoms with E-state index in [1.807, 2.05) is 12.1 Å². The van der Waals surface area contributed by atoms with Crippen molar-refractivity contribution < 1.29 is 18.7 Å². The summed E-state index contributed by atoms with van der Waals surface area (Å²) < 4.78 is 23.9. The Hall–Kier alpha value is -2.56. The summed E-state index contributed by atoms with van der Waals surface area (Å²) in [7, 11) is 0. The van der Waals surface area contributed by atoms with Crippen molar-refractivity contribution in [2.24, 2.45) is 0 Å². The molecule has 3 rings (SSSR count). The van der Waals surface area contributed by atoms with Crippen LogP contribution in [-0.2, 0) is 11.2 Å². The van der Waals surface area contributed by atoms with E-state index in [2.05, 4.69) is 5.32 Å². The summed E-state index contributed by atoms with van der Waals surface area (Å²) in [6.45, 7) is 0.428. The number of benzene rings is 2. The highest BCUT2D eigenvalue weighted by molar-refractivity contribution is 5.92. The Morgan fingerprint density at radius 1 is 1.29 bits per heavy atom. The van der Waals surface area contributed by atoms with Crippen LogP contribution in [0, 0.1) is 5.82 Å². The zero-order chi connectivity index (χ0) is 14.7. The predicted octanol–water partition coefficient (Wildman–Crippen LogP) is 2.78. The summed E-state index contributed by atoms with van der Waals surface area (Å²) in [5.41, 5.74) is 1.75. The zero-order valence-corrected chi connectivity index (χ0v) is 11.3. The van der Waals surface area contributed by atoms with Gasteiger partial charge in [-0.3, -0.25) is 4.79 Å². The SMILES string of the molecule is O=C(COc1ccccc1F)Nc1ccc2c(c1)CCO2. The highest BCUT2D eigenvalue weighted by Crippen LogP contribution is 2.27. The minimum Gasteiger partial charge on any atom is -0.493 e. The lowest BCUT2D eigenvalue weighted by Crippen LogP contribution is -2.20. The minimum absolute atomic E-state index is 0.0648. The van der Waals surface area contributed by atoms with Crippen LogP contribution in [0.4, 0.5) is 10.1 Å². The molecule has 0 bridgehead atoms. The van der Waals surface area contributed by atoms with Crippen molar-refractivity contribution >= 4 is 11.6 Å². The number of fused-ring (bicyclic) bond motifs is 1. The molecule has 0 spiro atoms. The molecule has 21 heavy (non-hydrogen) atoms. The molecule has 0 unspecified atom stereocenters. The van der Waals surface area contributed by atoms with Gasteiger partial charge in [0.15, 0.2) is 18.2 Å². The Kier molecular flexibility index (Phi) is 3.73. The van der Waals surface area contributed by atoms with Crippen LogP contribution in [0.2, 0.25) is 0 Å². The lowest BCUT2D eigenvalue weighted by Gasteiger charge is -2.09. The third-order valence-electron chi connectivity index (χ3n) is 3.17. The van der Waals surface area contributed by atoms with Crippen molar-refractivity contribution in [3.05, 3.63) is 53.8 Å². The van der Waals surface area contributed by atoms with Crippen molar-refractivity contribution in [3.63, 3.8) is 0 Å². The number of rotatable bonds is 4. The number of nitrogens with one attached hydrogen (secondary N) is 1. The van der Waals surface area contributed by atoms with Gasteiger partial charge in [0.05, 0.1) is 6.61 Å². The molecular formula is C16H14FNO3. The Morgan fingerprint density at radius 2 is 2.14 bits per heavy atom. The largest absolute Gasteiger partial charge is 0.493 e. The van der Waals surface area contributed by atoms with E-state index in [4.69, 9.17) is 9.47 Å². The topological polar surface area (TPSA) is 47.6 Å². The Labute approximate surface area is 121 Å². The third-order valence-corrected chi connectivity index (χ3v) is 3.17. The molecule has 2 aromatic carbocycles. The van der Waals surface area contributed by atoms with Gasteiger partial charge in [-0.05, 0) is 35.9 Å². The lowest BCUT2D eigenvalue weighted by molar-refractivity contribution is -0.118. The lowest BCUT2D eigenvalue weighted by atomic mass is 10.1. The van der Waals surface area contributed by atoms with Gasteiger partial charge >= 0.3 is 0 Å². The zero-order valence-electron chi connectivity index (χ0n) is 11.3. The molecule has 1 heterocycles. The first-order chi connectivity index (χ1) is 10.2. The van der Waals surface area contributed by atoms with Crippen LogP contribution in [0.1, 0.15) is 5.56 Å². The smallest absolute Gasteiger partial charge is 0.262 e. The first-order valence-corrected chi connectivity index (χ1v) is 6.65. The summed E-state index contributed by atoms with van der Waals surface area (Å²) in [6, 6.07) is 11.5. The van der Waals surface area contributed by atoms with E-state index in [-0.39, 0.29) is 18.3 Å². The maximum Gasteiger partial charge on any atom is 0.262 e. The van der Waals surface area contributed by atoms with Gasteiger partial charge in [-0.25, -0.2) is 4.39 Å². The highest BCUT2D eigenvalue weighted by atomic mass is 19.1. The molecule has 0 fully saturated rings. The maximum absolute atomic E-state index is 13.3. The van der Waals surface area contributed by atoms with E-state index in [1.165, 1.54) is 12.1 Å². The molecule has 0 radical (unpaired) electrons. The Bertz CT molecular complexity index is 672. The van der Waals surface area contributed by atoms with Crippen LogP contribution >= 0.6 is 0 Å². The molecule has 0 atom stereocenters. The number of amides is 1. The molecule has 0 aliphatic carbocycles. The van der Waals surface area contributed by atoms with E-state index < -0.39 is 5.82 Å². The number of ether oxygens (including phenoxy) is 2. The van der Waals surface area contributed by atoms with Crippen LogP contribution < -0.4 is 14.8 Å². The van der Waals surface area contributed by atoms with Crippen LogP contribution in [0.5, 0.6) is 11.5 Å². The van der Waals surface area contributed by atoms with Gasteiger partial charge in [-0.15, -0.1) is 0 Å². The second-order valence-electron chi connectivity index (χ2n) is 4.69. The maximum atomic E-state index is 13.3. The van der Waals surface area contributed by atoms with Crippen molar-refractivity contribution in [2.45, 2.75) is 6.42 Å². The molecule has 1 N–H and O–H groups in total. The van der Waals surface area contributed by atoms with Crippen LogP contribution in [-0.4, -0.2) is 19.1 Å². The fraction of sp³-hybridized carbons (Fsp3) is 0.188. The molecule has 1 amide bonds. The first kappa shape index (κ1) is 13.4. The van der Waals surface area contributed by atoms with Gasteiger partial charge in [0.1, 0.15) is 5.75 Å².